The van der Waals surface area contributed by atoms with Crippen LogP contribution in [0.3, 0.4) is 0 Å². The third kappa shape index (κ3) is 7.52. The quantitative estimate of drug-likeness (QED) is 0.116. The summed E-state index contributed by atoms with van der Waals surface area (Å²) in [6.45, 7) is 6.59. The average molecular weight is 769 g/mol. The molecule has 7 aromatic rings. The van der Waals surface area contributed by atoms with E-state index >= 15 is 0 Å². The van der Waals surface area contributed by atoms with Crippen LogP contribution < -0.4 is 4.90 Å². The van der Waals surface area contributed by atoms with Crippen LogP contribution in [0.4, 0.5) is 11.4 Å². The molecule has 60 heavy (non-hydrogen) atoms. The van der Waals surface area contributed by atoms with Crippen molar-refractivity contribution in [3.63, 3.8) is 0 Å². The Kier molecular flexibility index (Phi) is 10.7. The van der Waals surface area contributed by atoms with Crippen molar-refractivity contribution >= 4 is 44.5 Å². The molecule has 0 spiro atoms. The summed E-state index contributed by atoms with van der Waals surface area (Å²) >= 11 is 0. The van der Waals surface area contributed by atoms with Gasteiger partial charge < -0.3 is 9.47 Å². The molecule has 9 rings (SSSR count). The molecule has 2 aliphatic rings. The minimum Gasteiger partial charge on any atom is -0.311 e. The van der Waals surface area contributed by atoms with Gasteiger partial charge in [0.25, 0.3) is 0 Å². The minimum atomic E-state index is 0.0177. The van der Waals surface area contributed by atoms with Crippen molar-refractivity contribution in [3.05, 3.63) is 229 Å². The van der Waals surface area contributed by atoms with Gasteiger partial charge in [0.1, 0.15) is 0 Å². The fraction of sp³-hybridized carbons (Fsp3) is 0.0690. The summed E-state index contributed by atoms with van der Waals surface area (Å²) in [5.41, 5.74) is 15.6. The van der Waals surface area contributed by atoms with Gasteiger partial charge in [0.2, 0.25) is 0 Å². The maximum atomic E-state index is 5.70. The first-order valence-corrected chi connectivity index (χ1v) is 20.5. The van der Waals surface area contributed by atoms with Gasteiger partial charge in [0.05, 0.1) is 22.6 Å². The Balaban J connectivity index is 1.24. The van der Waals surface area contributed by atoms with Crippen LogP contribution in [-0.4, -0.2) is 4.57 Å². The predicted molar refractivity (Wildman–Crippen MR) is 257 cm³/mol. The predicted octanol–water partition coefficient (Wildman–Crippen LogP) is 14.6. The number of hydrogen-bond acceptors (Lipinski definition) is 1. The fourth-order valence-electron chi connectivity index (χ4n) is 8.38. The van der Waals surface area contributed by atoms with Crippen molar-refractivity contribution in [2.75, 3.05) is 4.90 Å². The van der Waals surface area contributed by atoms with Gasteiger partial charge in [-0.2, -0.15) is 0 Å². The standard InChI is InChI=1S/C58H44N2/c1-4-6-26-52(5-2)60-56-30-19-18-29-54(56)55-36-35-48(41-58(55)60)51-38-49(45-24-17-16-23-44(31-32-45)43-21-11-8-12-22-43)37-50(39-51)47-34-33-46-25-13-7-10-20-42(3)59(57(46)40-47)53-27-14-9-15-28-53/h1,5-15,18-22,24,26-41,44H,3,17,25H2,2H3/b13-7-,20-10-,26-6-,32-31-,45-24+,52-5+. The Hall–Kier alpha value is -7.78. The highest BCUT2D eigenvalue weighted by Gasteiger charge is 2.19. The summed E-state index contributed by atoms with van der Waals surface area (Å²) in [6.07, 6.45) is 28.3. The third-order valence-corrected chi connectivity index (χ3v) is 11.3. The first-order valence-electron chi connectivity index (χ1n) is 20.5. The molecule has 286 valence electrons. The number of rotatable bonds is 7. The van der Waals surface area contributed by atoms with E-state index in [2.05, 4.69) is 229 Å². The number of fused-ring (bicyclic) bond motifs is 4. The third-order valence-electron chi connectivity index (χ3n) is 11.3. The van der Waals surface area contributed by atoms with Crippen LogP contribution in [0, 0.1) is 24.2 Å². The smallest absolute Gasteiger partial charge is 0.0636 e. The molecule has 0 radical (unpaired) electrons. The first-order chi connectivity index (χ1) is 29.6. The summed E-state index contributed by atoms with van der Waals surface area (Å²) in [7, 11) is 0. The Morgan fingerprint density at radius 3 is 2.25 bits per heavy atom. The molecule has 2 nitrogen and oxygen atoms in total. The van der Waals surface area contributed by atoms with Crippen molar-refractivity contribution in [1.82, 2.24) is 4.57 Å². The van der Waals surface area contributed by atoms with Gasteiger partial charge in [0.15, 0.2) is 0 Å². The van der Waals surface area contributed by atoms with E-state index in [9.17, 15) is 0 Å². The summed E-state index contributed by atoms with van der Waals surface area (Å²) in [4.78, 5) is 2.27. The van der Waals surface area contributed by atoms with Gasteiger partial charge in [-0.25, -0.2) is 0 Å². The monoisotopic (exact) mass is 768 g/mol. The largest absolute Gasteiger partial charge is 0.311 e. The summed E-state index contributed by atoms with van der Waals surface area (Å²) < 4.78 is 2.32. The molecule has 0 saturated carbocycles. The molecule has 1 atom stereocenters. The second-order valence-corrected chi connectivity index (χ2v) is 15.0. The van der Waals surface area contributed by atoms with Crippen LogP contribution >= 0.6 is 0 Å². The summed E-state index contributed by atoms with van der Waals surface area (Å²) in [6, 6.07) is 50.4. The highest BCUT2D eigenvalue weighted by atomic mass is 15.1. The summed E-state index contributed by atoms with van der Waals surface area (Å²) in [5.74, 6) is 9.63. The molecule has 0 amide bonds. The molecule has 2 heterocycles. The summed E-state index contributed by atoms with van der Waals surface area (Å²) in [5, 5.41) is 2.39. The highest BCUT2D eigenvalue weighted by Crippen LogP contribution is 2.40. The van der Waals surface area contributed by atoms with Crippen LogP contribution in [0.2, 0.25) is 0 Å². The zero-order chi connectivity index (χ0) is 40.8. The van der Waals surface area contributed by atoms with Crippen LogP contribution in [0.15, 0.2) is 213 Å². The second-order valence-electron chi connectivity index (χ2n) is 15.0. The van der Waals surface area contributed by atoms with Gasteiger partial charge in [-0.1, -0.05) is 158 Å². The van der Waals surface area contributed by atoms with E-state index in [1.165, 1.54) is 21.9 Å². The lowest BCUT2D eigenvalue weighted by Crippen LogP contribution is -2.16. The molecule has 0 N–H and O–H groups in total. The van der Waals surface area contributed by atoms with Crippen molar-refractivity contribution in [1.29, 1.82) is 0 Å². The van der Waals surface area contributed by atoms with E-state index in [1.807, 2.05) is 6.08 Å². The molecule has 2 heteroatoms. The number of nitrogens with zero attached hydrogens (tertiary/aromatic N) is 2. The van der Waals surface area contributed by atoms with Crippen molar-refractivity contribution < 1.29 is 0 Å². The maximum Gasteiger partial charge on any atom is 0.0636 e. The minimum absolute atomic E-state index is 0.0177. The van der Waals surface area contributed by atoms with Crippen LogP contribution in [-0.2, 0) is 6.42 Å². The fourth-order valence-corrected chi connectivity index (χ4v) is 8.38. The van der Waals surface area contributed by atoms with E-state index in [0.29, 0.717) is 6.42 Å². The molecule has 0 bridgehead atoms. The van der Waals surface area contributed by atoms with Gasteiger partial charge in [0, 0.05) is 34.3 Å². The van der Waals surface area contributed by atoms with Crippen molar-refractivity contribution in [2.24, 2.45) is 0 Å². The molecule has 1 unspecified atom stereocenters. The normalized spacial score (nSPS) is 17.8. The van der Waals surface area contributed by atoms with Gasteiger partial charge in [-0.3, -0.25) is 0 Å². The lowest BCUT2D eigenvalue weighted by atomic mass is 9.90. The highest BCUT2D eigenvalue weighted by molar-refractivity contribution is 6.11. The maximum absolute atomic E-state index is 5.70. The lowest BCUT2D eigenvalue weighted by molar-refractivity contribution is 1.12. The van der Waals surface area contributed by atoms with E-state index in [-0.39, 0.29) is 5.92 Å². The zero-order valence-corrected chi connectivity index (χ0v) is 33.7. The van der Waals surface area contributed by atoms with Crippen molar-refractivity contribution in [2.45, 2.75) is 25.7 Å². The number of benzene rings is 6. The van der Waals surface area contributed by atoms with E-state index in [0.717, 1.165) is 73.6 Å². The number of allylic oxidation sites excluding steroid dienone is 12. The first kappa shape index (κ1) is 37.8. The number of para-hydroxylation sites is 2. The Bertz CT molecular complexity index is 3070. The topological polar surface area (TPSA) is 8.17 Å². The molecular weight excluding hydrogens is 725 g/mol. The van der Waals surface area contributed by atoms with Crippen LogP contribution in [0.25, 0.3) is 55.3 Å². The Morgan fingerprint density at radius 1 is 0.733 bits per heavy atom. The van der Waals surface area contributed by atoms with Crippen molar-refractivity contribution in [3.8, 4) is 46.4 Å². The van der Waals surface area contributed by atoms with E-state index < -0.39 is 0 Å². The molecule has 1 aromatic heterocycles. The van der Waals surface area contributed by atoms with E-state index in [1.54, 1.807) is 6.08 Å². The van der Waals surface area contributed by atoms with Gasteiger partial charge >= 0.3 is 0 Å². The number of anilines is 2. The second kappa shape index (κ2) is 17.0. The molecule has 0 saturated heterocycles. The van der Waals surface area contributed by atoms with Crippen LogP contribution in [0.5, 0.6) is 0 Å². The van der Waals surface area contributed by atoms with Gasteiger partial charge in [-0.05, 0) is 125 Å². The molecule has 0 fully saturated rings. The lowest BCUT2D eigenvalue weighted by Gasteiger charge is -2.28. The number of terminal acetylenes is 1. The molecule has 6 aromatic carbocycles. The SMILES string of the molecule is C#C/C=C\C(=C/C)n1c2ccccc2c2ccc(-c3cc(C4=C/CC#CC(c5ccccc5)/C=C\4)cc(-c4ccc5c(c4)N(c4ccccc4)C(=C)/C=C\C=C/C5)c3)cc21. The number of hydrogen-bond donors (Lipinski definition) is 0. The molecule has 1 aliphatic heterocycles. The van der Waals surface area contributed by atoms with E-state index in [4.69, 9.17) is 6.42 Å². The van der Waals surface area contributed by atoms with Gasteiger partial charge in [-0.15, -0.1) is 6.42 Å². The zero-order valence-electron chi connectivity index (χ0n) is 33.7. The Morgan fingerprint density at radius 2 is 1.45 bits per heavy atom. The molecule has 1 aliphatic carbocycles. The Labute approximate surface area is 353 Å². The average Bonchev–Trinajstić information content (AvgIpc) is 3.64. The van der Waals surface area contributed by atoms with Crippen LogP contribution in [0.1, 0.15) is 36.0 Å². The molecular formula is C58H44N2. The number of aromatic nitrogens is 1.